The van der Waals surface area contributed by atoms with E-state index in [0.717, 1.165) is 25.7 Å². The fraction of sp³-hybridized carbons (Fsp3) is 0.844. The van der Waals surface area contributed by atoms with E-state index in [1.165, 1.54) is 70.6 Å². The van der Waals surface area contributed by atoms with Crippen molar-refractivity contribution in [3.05, 3.63) is 12.2 Å². The van der Waals surface area contributed by atoms with Gasteiger partial charge in [0.2, 0.25) is 0 Å². The van der Waals surface area contributed by atoms with Gasteiger partial charge in [-0.3, -0.25) is 4.48 Å². The second-order valence-corrected chi connectivity index (χ2v) is 11.1. The van der Waals surface area contributed by atoms with Crippen LogP contribution in [0.5, 0.6) is 0 Å². The van der Waals surface area contributed by atoms with Crippen LogP contribution in [0.2, 0.25) is 0 Å². The lowest BCUT2D eigenvalue weighted by Crippen LogP contribution is -2.73. The van der Waals surface area contributed by atoms with Crippen molar-refractivity contribution in [1.82, 2.24) is 0 Å². The molecular formula is C32H59NO6. The first-order chi connectivity index (χ1) is 18.7. The topological polar surface area (TPSA) is 115 Å². The quantitative estimate of drug-likeness (QED) is 0.0651. The lowest BCUT2D eigenvalue weighted by Gasteiger charge is -2.51. The van der Waals surface area contributed by atoms with Crippen molar-refractivity contribution in [2.24, 2.45) is 0 Å². The minimum atomic E-state index is -1.37. The van der Waals surface area contributed by atoms with Crippen LogP contribution in [0.25, 0.3) is 0 Å². The maximum absolute atomic E-state index is 12.2. The Balaban J connectivity index is 4.58. The summed E-state index contributed by atoms with van der Waals surface area (Å²) < 4.78 is -0.468. The number of carboxylic acids is 3. The first-order valence-electron chi connectivity index (χ1n) is 15.9. The molecule has 0 saturated heterocycles. The number of carbonyl (C=O) groups excluding carboxylic acids is 1. The van der Waals surface area contributed by atoms with Crippen LogP contribution < -0.4 is 5.11 Å². The molecule has 0 saturated carbocycles. The molecule has 2 N–H and O–H groups in total. The number of carboxylic acid groups (broad SMARTS) is 3. The van der Waals surface area contributed by atoms with E-state index in [1.807, 2.05) is 0 Å². The van der Waals surface area contributed by atoms with Crippen molar-refractivity contribution >= 4 is 17.9 Å². The third kappa shape index (κ3) is 13.8. The average molecular weight is 554 g/mol. The van der Waals surface area contributed by atoms with Crippen LogP contribution in [0.4, 0.5) is 0 Å². The molecule has 0 aliphatic heterocycles. The molecule has 0 amide bonds. The Kier molecular flexibility index (Phi) is 21.8. The van der Waals surface area contributed by atoms with Crippen molar-refractivity contribution in [2.75, 3.05) is 6.54 Å². The van der Waals surface area contributed by atoms with Crippen molar-refractivity contribution < 1.29 is 34.2 Å². The molecule has 7 nitrogen and oxygen atoms in total. The highest BCUT2D eigenvalue weighted by atomic mass is 16.4. The summed E-state index contributed by atoms with van der Waals surface area (Å²) >= 11 is 0. The smallest absolute Gasteiger partial charge is 0.362 e. The summed E-state index contributed by atoms with van der Waals surface area (Å²) in [6.45, 7) is 7.51. The number of carbonyl (C=O) groups is 3. The van der Waals surface area contributed by atoms with Crippen LogP contribution in [0.15, 0.2) is 12.2 Å². The second kappa shape index (κ2) is 22.9. The zero-order chi connectivity index (χ0) is 29.5. The first-order valence-corrected chi connectivity index (χ1v) is 15.9. The summed E-state index contributed by atoms with van der Waals surface area (Å²) in [6.07, 6.45) is 23.8. The molecule has 39 heavy (non-hydrogen) atoms. The van der Waals surface area contributed by atoms with Gasteiger partial charge < -0.3 is 20.1 Å². The maximum Gasteiger partial charge on any atom is 0.362 e. The summed E-state index contributed by atoms with van der Waals surface area (Å²) in [5, 5.41) is 32.1. The summed E-state index contributed by atoms with van der Waals surface area (Å²) in [7, 11) is 0. The molecule has 0 bridgehead atoms. The van der Waals surface area contributed by atoms with Crippen molar-refractivity contribution in [3.63, 3.8) is 0 Å². The molecule has 0 spiro atoms. The van der Waals surface area contributed by atoms with Crippen LogP contribution >= 0.6 is 0 Å². The van der Waals surface area contributed by atoms with Gasteiger partial charge in [-0.2, -0.15) is 0 Å². The van der Waals surface area contributed by atoms with E-state index in [2.05, 4.69) is 19.1 Å². The summed E-state index contributed by atoms with van der Waals surface area (Å²) in [6, 6.07) is -3.38. The number of nitrogens with zero attached hydrogens (tertiary/aromatic N) is 1. The average Bonchev–Trinajstić information content (AvgIpc) is 2.88. The lowest BCUT2D eigenvalue weighted by atomic mass is 9.93. The molecule has 7 heteroatoms. The van der Waals surface area contributed by atoms with Crippen molar-refractivity contribution in [1.29, 1.82) is 0 Å². The number of quaternary nitrogens is 1. The Morgan fingerprint density at radius 2 is 0.949 bits per heavy atom. The number of allylic oxidation sites excluding steroid dienone is 2. The second-order valence-electron chi connectivity index (χ2n) is 11.1. The van der Waals surface area contributed by atoms with E-state index in [1.54, 1.807) is 20.8 Å². The molecule has 0 radical (unpaired) electrons. The molecule has 3 atom stereocenters. The predicted octanol–water partition coefficient (Wildman–Crippen LogP) is 6.88. The SMILES string of the molecule is CCCCCC/C=C/CCCCCCCCCCCC[N+](C(CC)C(=O)[O-])(C(CC)C(=O)O)C(CC)C(=O)O. The highest BCUT2D eigenvalue weighted by molar-refractivity contribution is 5.77. The lowest BCUT2D eigenvalue weighted by molar-refractivity contribution is -0.974. The van der Waals surface area contributed by atoms with Crippen LogP contribution in [0.3, 0.4) is 0 Å². The summed E-state index contributed by atoms with van der Waals surface area (Å²) in [4.78, 5) is 36.6. The summed E-state index contributed by atoms with van der Waals surface area (Å²) in [5.74, 6) is -3.65. The number of aliphatic carboxylic acids is 3. The van der Waals surface area contributed by atoms with Gasteiger partial charge in [0.05, 0.1) is 12.5 Å². The van der Waals surface area contributed by atoms with Crippen LogP contribution in [0.1, 0.15) is 150 Å². The summed E-state index contributed by atoms with van der Waals surface area (Å²) in [5.41, 5.74) is 0. The van der Waals surface area contributed by atoms with Gasteiger partial charge in [0.15, 0.2) is 12.1 Å². The van der Waals surface area contributed by atoms with E-state index in [9.17, 15) is 29.7 Å². The largest absolute Gasteiger partial charge is 0.544 e. The minimum Gasteiger partial charge on any atom is -0.544 e. The van der Waals surface area contributed by atoms with E-state index < -0.39 is 40.5 Å². The van der Waals surface area contributed by atoms with Gasteiger partial charge in [-0.1, -0.05) is 104 Å². The highest BCUT2D eigenvalue weighted by Crippen LogP contribution is 2.32. The van der Waals surface area contributed by atoms with Gasteiger partial charge >= 0.3 is 11.9 Å². The predicted molar refractivity (Wildman–Crippen MR) is 156 cm³/mol. The molecule has 0 aliphatic carbocycles. The number of hydrogen-bond acceptors (Lipinski definition) is 4. The molecule has 0 aliphatic rings. The third-order valence-corrected chi connectivity index (χ3v) is 8.30. The fourth-order valence-corrected chi connectivity index (χ4v) is 6.25. The van der Waals surface area contributed by atoms with Crippen molar-refractivity contribution in [3.8, 4) is 0 Å². The molecule has 0 aromatic rings. The molecule has 0 aromatic heterocycles. The molecule has 0 aromatic carbocycles. The van der Waals surface area contributed by atoms with Gasteiger partial charge in [0, 0.05) is 19.3 Å². The van der Waals surface area contributed by atoms with Crippen LogP contribution in [-0.2, 0) is 14.4 Å². The molecule has 0 heterocycles. The Hall–Kier alpha value is -1.89. The van der Waals surface area contributed by atoms with Gasteiger partial charge in [0.25, 0.3) is 0 Å². The van der Waals surface area contributed by atoms with E-state index >= 15 is 0 Å². The van der Waals surface area contributed by atoms with E-state index in [0.29, 0.717) is 6.42 Å². The van der Waals surface area contributed by atoms with Crippen LogP contribution in [-0.4, -0.2) is 57.3 Å². The first kappa shape index (κ1) is 37.1. The molecule has 228 valence electrons. The third-order valence-electron chi connectivity index (χ3n) is 8.30. The monoisotopic (exact) mass is 553 g/mol. The zero-order valence-electron chi connectivity index (χ0n) is 25.5. The van der Waals surface area contributed by atoms with E-state index in [4.69, 9.17) is 0 Å². The van der Waals surface area contributed by atoms with Gasteiger partial charge in [-0.15, -0.1) is 0 Å². The Bertz CT molecular complexity index is 637. The maximum atomic E-state index is 12.2. The zero-order valence-corrected chi connectivity index (χ0v) is 25.5. The van der Waals surface area contributed by atoms with E-state index in [-0.39, 0.29) is 25.8 Å². The highest BCUT2D eigenvalue weighted by Gasteiger charge is 2.53. The minimum absolute atomic E-state index is 0.130. The molecule has 0 fully saturated rings. The molecular weight excluding hydrogens is 494 g/mol. The Morgan fingerprint density at radius 1 is 0.590 bits per heavy atom. The molecule has 3 unspecified atom stereocenters. The number of hydrogen-bond donors (Lipinski definition) is 2. The Morgan fingerprint density at radius 3 is 1.28 bits per heavy atom. The Labute approximate surface area is 238 Å². The normalized spacial score (nSPS) is 15.6. The standard InChI is InChI=1S/C32H59NO6/c1-5-9-10-11-12-13-14-15-16-17-18-19-20-21-22-23-24-25-26-33(27(6-2)30(34)35,28(7-3)31(36)37)29(8-4)32(38)39/h13-14,27-29H,5-12,15-26H2,1-4H3,(H2-,34,35,36,37,38,39)/b14-13+. The fourth-order valence-electron chi connectivity index (χ4n) is 6.25. The van der Waals surface area contributed by atoms with Crippen LogP contribution in [0, 0.1) is 0 Å². The number of unbranched alkanes of at least 4 members (excludes halogenated alkanes) is 14. The van der Waals surface area contributed by atoms with Gasteiger partial charge in [0.1, 0.15) is 6.04 Å². The van der Waals surface area contributed by atoms with Crippen molar-refractivity contribution in [2.45, 2.75) is 168 Å². The van der Waals surface area contributed by atoms with Gasteiger partial charge in [-0.05, 0) is 38.5 Å². The van der Waals surface area contributed by atoms with Gasteiger partial charge in [-0.25, -0.2) is 9.59 Å². The number of rotatable bonds is 27. The molecule has 0 rings (SSSR count).